The van der Waals surface area contributed by atoms with Crippen LogP contribution in [-0.4, -0.2) is 58.9 Å². The Morgan fingerprint density at radius 2 is 1.97 bits per heavy atom. The van der Waals surface area contributed by atoms with Crippen LogP contribution >= 0.6 is 0 Å². The molecular formula is C25H28F3N7O2S. The third-order valence-corrected chi connectivity index (χ3v) is 9.20. The van der Waals surface area contributed by atoms with Crippen molar-refractivity contribution in [1.29, 1.82) is 5.26 Å². The molecule has 2 fully saturated rings. The van der Waals surface area contributed by atoms with E-state index in [1.165, 1.54) is 22.6 Å². The van der Waals surface area contributed by atoms with Gasteiger partial charge in [0.15, 0.2) is 0 Å². The predicted octanol–water partition coefficient (Wildman–Crippen LogP) is 4.24. The number of anilines is 1. The lowest BCUT2D eigenvalue weighted by atomic mass is 9.91. The summed E-state index contributed by atoms with van der Waals surface area (Å²) in [5.74, 6) is 0.0485. The first-order valence-electron chi connectivity index (χ1n) is 12.4. The number of aromatic amines is 1. The van der Waals surface area contributed by atoms with Gasteiger partial charge in [0.2, 0.25) is 16.0 Å². The van der Waals surface area contributed by atoms with Crippen molar-refractivity contribution in [1.82, 2.24) is 24.6 Å². The number of aromatic nitrogens is 3. The molecule has 3 N–H and O–H groups in total. The quantitative estimate of drug-likeness (QED) is 0.436. The lowest BCUT2D eigenvalue weighted by Gasteiger charge is -2.36. The van der Waals surface area contributed by atoms with Crippen LogP contribution in [0.2, 0.25) is 0 Å². The molecule has 2 saturated heterocycles. The first kappa shape index (κ1) is 26.4. The van der Waals surface area contributed by atoms with Gasteiger partial charge >= 0.3 is 6.18 Å². The Labute approximate surface area is 218 Å². The molecule has 0 unspecified atom stereocenters. The van der Waals surface area contributed by atoms with Crippen molar-refractivity contribution in [2.45, 2.75) is 62.2 Å². The van der Waals surface area contributed by atoms with Gasteiger partial charge < -0.3 is 15.6 Å². The highest BCUT2D eigenvalue weighted by atomic mass is 32.2. The van der Waals surface area contributed by atoms with E-state index in [1.807, 2.05) is 6.07 Å². The van der Waals surface area contributed by atoms with Crippen LogP contribution in [-0.2, 0) is 16.2 Å². The zero-order valence-corrected chi connectivity index (χ0v) is 21.8. The Kier molecular flexibility index (Phi) is 6.61. The van der Waals surface area contributed by atoms with E-state index in [9.17, 15) is 26.9 Å². The van der Waals surface area contributed by atoms with Crippen molar-refractivity contribution in [3.63, 3.8) is 0 Å². The summed E-state index contributed by atoms with van der Waals surface area (Å²) < 4.78 is 70.3. The van der Waals surface area contributed by atoms with E-state index < -0.39 is 21.8 Å². The number of piperidine rings is 1. The van der Waals surface area contributed by atoms with Gasteiger partial charge in [0.1, 0.15) is 16.5 Å². The highest BCUT2D eigenvalue weighted by Gasteiger charge is 2.37. The second kappa shape index (κ2) is 9.52. The monoisotopic (exact) mass is 547 g/mol. The Morgan fingerprint density at radius 1 is 1.24 bits per heavy atom. The second-order valence-corrected chi connectivity index (χ2v) is 12.3. The lowest BCUT2D eigenvalue weighted by Crippen LogP contribution is -2.50. The summed E-state index contributed by atoms with van der Waals surface area (Å²) in [5, 5.41) is 16.4. The van der Waals surface area contributed by atoms with Gasteiger partial charge in [-0.3, -0.25) is 0 Å². The largest absolute Gasteiger partial charge is 0.419 e. The molecule has 0 aliphatic carbocycles. The van der Waals surface area contributed by atoms with E-state index in [1.54, 1.807) is 0 Å². The van der Waals surface area contributed by atoms with Gasteiger partial charge in [-0.15, -0.1) is 0 Å². The number of halogens is 3. The predicted molar refractivity (Wildman–Crippen MR) is 136 cm³/mol. The maximum Gasteiger partial charge on any atom is 0.419 e. The van der Waals surface area contributed by atoms with Gasteiger partial charge in [0, 0.05) is 54.6 Å². The number of H-pyrrole nitrogens is 1. The molecule has 0 radical (unpaired) electrons. The zero-order valence-electron chi connectivity index (χ0n) is 21.0. The van der Waals surface area contributed by atoms with Crippen LogP contribution in [0.5, 0.6) is 0 Å². The molecule has 3 aromatic rings. The number of rotatable bonds is 5. The summed E-state index contributed by atoms with van der Waals surface area (Å²) >= 11 is 0. The third-order valence-electron chi connectivity index (χ3n) is 7.22. The van der Waals surface area contributed by atoms with Crippen LogP contribution < -0.4 is 10.6 Å². The van der Waals surface area contributed by atoms with E-state index >= 15 is 0 Å². The molecule has 0 amide bonds. The normalized spacial score (nSPS) is 20.5. The number of alkyl halides is 3. The maximum absolute atomic E-state index is 14.0. The van der Waals surface area contributed by atoms with E-state index in [-0.39, 0.29) is 50.1 Å². The van der Waals surface area contributed by atoms with E-state index in [4.69, 9.17) is 0 Å². The van der Waals surface area contributed by atoms with Crippen LogP contribution in [0.25, 0.3) is 22.2 Å². The van der Waals surface area contributed by atoms with Gasteiger partial charge in [-0.25, -0.2) is 18.4 Å². The van der Waals surface area contributed by atoms with E-state index in [0.29, 0.717) is 32.5 Å². The summed E-state index contributed by atoms with van der Waals surface area (Å²) in [6.07, 6.45) is 0.373. The van der Waals surface area contributed by atoms with E-state index in [0.717, 1.165) is 19.0 Å². The standard InChI is InChI=1S/C25H28F3N7O2S/c1-24(2)8-7-16(12-32-24)33-23-31-14-19(25(26,27)28)20(34-23)18-13-30-21-17(18)6-5-15(11-29)22(21)38(36,37)35-9-3-4-10-35/h5-6,13-14,16,30,32H,3-4,7-10,12H2,1-2H3,(H,31,33,34)/t16-/m0/s1. The Balaban J connectivity index is 1.61. The van der Waals surface area contributed by atoms with Crippen LogP contribution in [0.15, 0.2) is 29.4 Å². The fourth-order valence-electron chi connectivity index (χ4n) is 5.08. The SMILES string of the molecule is CC1(C)CC[C@H](Nc2ncc(C(F)(F)F)c(-c3c[nH]c4c(S(=O)(=O)N5CCCC5)c(C#N)ccc34)n2)CN1. The second-order valence-electron chi connectivity index (χ2n) is 10.4. The maximum atomic E-state index is 14.0. The number of hydrogen-bond donors (Lipinski definition) is 3. The lowest BCUT2D eigenvalue weighted by molar-refractivity contribution is -0.137. The molecule has 9 nitrogen and oxygen atoms in total. The van der Waals surface area contributed by atoms with Crippen molar-refractivity contribution in [3.05, 3.63) is 35.7 Å². The molecule has 38 heavy (non-hydrogen) atoms. The minimum Gasteiger partial charge on any atom is -0.359 e. The fraction of sp³-hybridized carbons (Fsp3) is 0.480. The minimum absolute atomic E-state index is 0.0240. The molecule has 2 aliphatic heterocycles. The van der Waals surface area contributed by atoms with Gasteiger partial charge in [0.25, 0.3) is 0 Å². The fourth-order valence-corrected chi connectivity index (χ4v) is 6.89. The molecule has 2 aromatic heterocycles. The van der Waals surface area contributed by atoms with Crippen LogP contribution in [0.4, 0.5) is 19.1 Å². The van der Waals surface area contributed by atoms with Crippen LogP contribution in [0.3, 0.4) is 0 Å². The molecule has 0 spiro atoms. The smallest absolute Gasteiger partial charge is 0.359 e. The van der Waals surface area contributed by atoms with Crippen LogP contribution in [0, 0.1) is 11.3 Å². The van der Waals surface area contributed by atoms with E-state index in [2.05, 4.69) is 39.4 Å². The first-order valence-corrected chi connectivity index (χ1v) is 13.9. The number of nitrogens with one attached hydrogen (secondary N) is 3. The molecule has 1 aromatic carbocycles. The Hall–Kier alpha value is -3.21. The average Bonchev–Trinajstić information content (AvgIpc) is 3.55. The van der Waals surface area contributed by atoms with Crippen molar-refractivity contribution in [2.75, 3.05) is 25.0 Å². The number of fused-ring (bicyclic) bond motifs is 1. The third kappa shape index (κ3) is 4.83. The van der Waals surface area contributed by atoms with Crippen molar-refractivity contribution < 1.29 is 21.6 Å². The summed E-state index contributed by atoms with van der Waals surface area (Å²) in [6.45, 7) is 5.42. The molecule has 5 rings (SSSR count). The summed E-state index contributed by atoms with van der Waals surface area (Å²) in [5.41, 5.74) is -1.37. The minimum atomic E-state index is -4.75. The number of benzene rings is 1. The zero-order chi connectivity index (χ0) is 27.3. The summed E-state index contributed by atoms with van der Waals surface area (Å²) in [6, 6.07) is 4.63. The van der Waals surface area contributed by atoms with Gasteiger partial charge in [-0.05, 0) is 45.6 Å². The number of sulfonamides is 1. The number of nitrogens with zero attached hydrogens (tertiary/aromatic N) is 4. The van der Waals surface area contributed by atoms with Gasteiger partial charge in [-0.2, -0.15) is 22.7 Å². The number of hydrogen-bond acceptors (Lipinski definition) is 7. The van der Waals surface area contributed by atoms with Crippen molar-refractivity contribution in [2.24, 2.45) is 0 Å². The summed E-state index contributed by atoms with van der Waals surface area (Å²) in [4.78, 5) is 10.8. The average molecular weight is 548 g/mol. The molecular weight excluding hydrogens is 519 g/mol. The highest BCUT2D eigenvalue weighted by Crippen LogP contribution is 2.41. The van der Waals surface area contributed by atoms with Crippen LogP contribution in [0.1, 0.15) is 50.7 Å². The molecule has 0 saturated carbocycles. The van der Waals surface area contributed by atoms with Gasteiger partial charge in [-0.1, -0.05) is 6.07 Å². The van der Waals surface area contributed by atoms with Crippen molar-refractivity contribution >= 4 is 26.9 Å². The Morgan fingerprint density at radius 3 is 2.61 bits per heavy atom. The van der Waals surface area contributed by atoms with Crippen molar-refractivity contribution in [3.8, 4) is 17.3 Å². The molecule has 202 valence electrons. The highest BCUT2D eigenvalue weighted by molar-refractivity contribution is 7.89. The van der Waals surface area contributed by atoms with Gasteiger partial charge in [0.05, 0.1) is 16.8 Å². The number of nitriles is 1. The molecule has 13 heteroatoms. The molecule has 4 heterocycles. The molecule has 0 bridgehead atoms. The topological polar surface area (TPSA) is 127 Å². The summed E-state index contributed by atoms with van der Waals surface area (Å²) in [7, 11) is -4.05. The molecule has 1 atom stereocenters. The Bertz CT molecular complexity index is 1510. The first-order chi connectivity index (χ1) is 17.9. The molecule has 2 aliphatic rings.